The van der Waals surface area contributed by atoms with Gasteiger partial charge in [0.2, 0.25) is 11.8 Å². The van der Waals surface area contributed by atoms with Crippen LogP contribution in [0.3, 0.4) is 0 Å². The minimum Gasteiger partial charge on any atom is -0.378 e. The summed E-state index contributed by atoms with van der Waals surface area (Å²) in [4.78, 5) is 37.3. The molecular weight excluding hydrogens is 372 g/mol. The van der Waals surface area contributed by atoms with Crippen LogP contribution in [0.1, 0.15) is 22.3 Å². The van der Waals surface area contributed by atoms with Crippen molar-refractivity contribution in [1.82, 2.24) is 20.9 Å². The van der Waals surface area contributed by atoms with Crippen molar-refractivity contribution in [2.45, 2.75) is 19.0 Å². The summed E-state index contributed by atoms with van der Waals surface area (Å²) in [6.07, 6.45) is 0.383. The first-order valence-corrected chi connectivity index (χ1v) is 8.84. The van der Waals surface area contributed by atoms with Crippen LogP contribution in [-0.4, -0.2) is 68.1 Å². The lowest BCUT2D eigenvalue weighted by Gasteiger charge is -2.26. The molecule has 2 saturated heterocycles. The minimum absolute atomic E-state index is 0. The highest BCUT2D eigenvalue weighted by Crippen LogP contribution is 2.09. The van der Waals surface area contributed by atoms with E-state index in [0.29, 0.717) is 44.8 Å². The van der Waals surface area contributed by atoms with E-state index >= 15 is 0 Å². The first-order chi connectivity index (χ1) is 12.6. The fraction of sp³-hybridized carbons (Fsp3) is 0.500. The number of carbonyl (C=O) groups excluding carboxylic acids is 3. The van der Waals surface area contributed by atoms with Gasteiger partial charge in [0.15, 0.2) is 0 Å². The van der Waals surface area contributed by atoms with Crippen LogP contribution in [-0.2, 0) is 20.9 Å². The molecule has 1 atom stereocenters. The minimum atomic E-state index is -0.154. The first-order valence-electron chi connectivity index (χ1n) is 8.84. The number of nitrogens with one attached hydrogen (secondary N) is 3. The molecule has 148 valence electrons. The number of nitrogens with zero attached hydrogens (tertiary/aromatic N) is 1. The first kappa shape index (κ1) is 21.1. The van der Waals surface area contributed by atoms with Crippen LogP contribution in [0.5, 0.6) is 0 Å². The zero-order valence-electron chi connectivity index (χ0n) is 15.0. The summed E-state index contributed by atoms with van der Waals surface area (Å²) in [5.41, 5.74) is 1.46. The highest BCUT2D eigenvalue weighted by molar-refractivity contribution is 5.97. The Hall–Kier alpha value is -2.16. The van der Waals surface area contributed by atoms with E-state index in [4.69, 9.17) is 4.74 Å². The molecule has 1 unspecified atom stereocenters. The number of rotatable bonds is 5. The monoisotopic (exact) mass is 396 g/mol. The molecule has 2 aliphatic rings. The van der Waals surface area contributed by atoms with Gasteiger partial charge in [-0.1, -0.05) is 12.1 Å². The number of carbonyl (C=O) groups is 3. The lowest BCUT2D eigenvalue weighted by Crippen LogP contribution is -2.49. The van der Waals surface area contributed by atoms with Crippen LogP contribution >= 0.6 is 12.4 Å². The molecule has 2 aliphatic heterocycles. The highest BCUT2D eigenvalue weighted by atomic mass is 35.5. The molecular formula is C18H25ClN4O4. The van der Waals surface area contributed by atoms with E-state index in [0.717, 1.165) is 12.1 Å². The SMILES string of the molecule is Cl.O=C(CC1COCCN1)NCc1ccc(C(=O)N2CCNC(=O)C2)cc1. The Morgan fingerprint density at radius 2 is 2.00 bits per heavy atom. The van der Waals surface area contributed by atoms with Crippen LogP contribution in [0.2, 0.25) is 0 Å². The molecule has 0 bridgehead atoms. The Morgan fingerprint density at radius 3 is 2.67 bits per heavy atom. The molecule has 1 aromatic rings. The Balaban J connectivity index is 0.00000261. The van der Waals surface area contributed by atoms with Gasteiger partial charge >= 0.3 is 0 Å². The summed E-state index contributed by atoms with van der Waals surface area (Å²) in [5, 5.41) is 8.83. The fourth-order valence-electron chi connectivity index (χ4n) is 3.01. The number of hydrogen-bond donors (Lipinski definition) is 3. The van der Waals surface area contributed by atoms with Crippen molar-refractivity contribution in [3.05, 3.63) is 35.4 Å². The van der Waals surface area contributed by atoms with Gasteiger partial charge in [-0.2, -0.15) is 0 Å². The maximum absolute atomic E-state index is 12.4. The van der Waals surface area contributed by atoms with Crippen molar-refractivity contribution in [3.8, 4) is 0 Å². The van der Waals surface area contributed by atoms with Crippen LogP contribution in [0.15, 0.2) is 24.3 Å². The zero-order chi connectivity index (χ0) is 18.4. The van der Waals surface area contributed by atoms with E-state index in [1.54, 1.807) is 12.1 Å². The Kier molecular flexibility index (Phi) is 8.02. The maximum atomic E-state index is 12.4. The number of hydrogen-bond acceptors (Lipinski definition) is 5. The summed E-state index contributed by atoms with van der Waals surface area (Å²) >= 11 is 0. The van der Waals surface area contributed by atoms with Crippen molar-refractivity contribution in [2.75, 3.05) is 39.4 Å². The van der Waals surface area contributed by atoms with E-state index in [1.165, 1.54) is 4.90 Å². The molecule has 0 radical (unpaired) electrons. The normalized spacial score (nSPS) is 19.6. The summed E-state index contributed by atoms with van der Waals surface area (Å²) in [5.74, 6) is -0.326. The molecule has 3 rings (SSSR count). The van der Waals surface area contributed by atoms with Gasteiger partial charge in [-0.05, 0) is 17.7 Å². The van der Waals surface area contributed by atoms with E-state index in [-0.39, 0.29) is 42.7 Å². The van der Waals surface area contributed by atoms with E-state index in [1.807, 2.05) is 12.1 Å². The standard InChI is InChI=1S/C18H24N4O4.ClH/c23-16(9-15-12-26-8-6-19-15)21-10-13-1-3-14(4-2-13)18(25)22-7-5-20-17(24)11-22;/h1-4,15,19H,5-12H2,(H,20,24)(H,21,23);1H. The smallest absolute Gasteiger partial charge is 0.254 e. The fourth-order valence-corrected chi connectivity index (χ4v) is 3.01. The van der Waals surface area contributed by atoms with E-state index < -0.39 is 0 Å². The average molecular weight is 397 g/mol. The van der Waals surface area contributed by atoms with Crippen LogP contribution < -0.4 is 16.0 Å². The van der Waals surface area contributed by atoms with Gasteiger partial charge in [-0.15, -0.1) is 12.4 Å². The molecule has 3 N–H and O–H groups in total. The Labute approximate surface area is 164 Å². The predicted molar refractivity (Wildman–Crippen MR) is 102 cm³/mol. The quantitative estimate of drug-likeness (QED) is 0.633. The van der Waals surface area contributed by atoms with Gasteiger partial charge in [0.1, 0.15) is 0 Å². The van der Waals surface area contributed by atoms with Gasteiger partial charge in [-0.25, -0.2) is 0 Å². The summed E-state index contributed by atoms with van der Waals surface area (Å²) in [6.45, 7) is 3.51. The van der Waals surface area contributed by atoms with Crippen LogP contribution in [0, 0.1) is 0 Å². The number of piperazine rings is 1. The number of halogens is 1. The lowest BCUT2D eigenvalue weighted by molar-refractivity contribution is -0.123. The van der Waals surface area contributed by atoms with Crippen molar-refractivity contribution < 1.29 is 19.1 Å². The van der Waals surface area contributed by atoms with Gasteiger partial charge in [0.05, 0.1) is 19.8 Å². The van der Waals surface area contributed by atoms with Crippen molar-refractivity contribution in [1.29, 1.82) is 0 Å². The van der Waals surface area contributed by atoms with Crippen molar-refractivity contribution in [3.63, 3.8) is 0 Å². The zero-order valence-corrected chi connectivity index (χ0v) is 15.8. The number of ether oxygens (including phenoxy) is 1. The summed E-state index contributed by atoms with van der Waals surface area (Å²) in [6, 6.07) is 7.16. The molecule has 27 heavy (non-hydrogen) atoms. The summed E-state index contributed by atoms with van der Waals surface area (Å²) < 4.78 is 5.33. The highest BCUT2D eigenvalue weighted by Gasteiger charge is 2.22. The largest absolute Gasteiger partial charge is 0.378 e. The third-order valence-corrected chi connectivity index (χ3v) is 4.45. The molecule has 0 saturated carbocycles. The third kappa shape index (κ3) is 6.20. The number of amides is 3. The number of benzene rings is 1. The molecule has 2 heterocycles. The van der Waals surface area contributed by atoms with Crippen molar-refractivity contribution >= 4 is 30.1 Å². The molecule has 0 aliphatic carbocycles. The second-order valence-electron chi connectivity index (χ2n) is 6.48. The van der Waals surface area contributed by atoms with Crippen LogP contribution in [0.4, 0.5) is 0 Å². The second kappa shape index (κ2) is 10.2. The van der Waals surface area contributed by atoms with E-state index in [9.17, 15) is 14.4 Å². The third-order valence-electron chi connectivity index (χ3n) is 4.45. The molecule has 2 fully saturated rings. The van der Waals surface area contributed by atoms with Gasteiger partial charge in [0, 0.05) is 44.2 Å². The molecule has 1 aromatic carbocycles. The Bertz CT molecular complexity index is 662. The maximum Gasteiger partial charge on any atom is 0.254 e. The molecule has 9 heteroatoms. The van der Waals surface area contributed by atoms with E-state index in [2.05, 4.69) is 16.0 Å². The molecule has 3 amide bonds. The lowest BCUT2D eigenvalue weighted by atomic mass is 10.1. The molecule has 0 aromatic heterocycles. The van der Waals surface area contributed by atoms with Crippen molar-refractivity contribution in [2.24, 2.45) is 0 Å². The van der Waals surface area contributed by atoms with Crippen LogP contribution in [0.25, 0.3) is 0 Å². The van der Waals surface area contributed by atoms with Gasteiger partial charge in [0.25, 0.3) is 5.91 Å². The van der Waals surface area contributed by atoms with Gasteiger partial charge < -0.3 is 25.6 Å². The number of morpholine rings is 1. The predicted octanol–water partition coefficient (Wildman–Crippen LogP) is -0.325. The topological polar surface area (TPSA) is 99.8 Å². The Morgan fingerprint density at radius 1 is 1.22 bits per heavy atom. The van der Waals surface area contributed by atoms with Gasteiger partial charge in [-0.3, -0.25) is 14.4 Å². The second-order valence-corrected chi connectivity index (χ2v) is 6.48. The molecule has 0 spiro atoms. The molecule has 8 nitrogen and oxygen atoms in total. The summed E-state index contributed by atoms with van der Waals surface area (Å²) in [7, 11) is 0. The average Bonchev–Trinajstić information content (AvgIpc) is 2.67.